The van der Waals surface area contributed by atoms with E-state index in [1.165, 1.54) is 11.8 Å². The van der Waals surface area contributed by atoms with Gasteiger partial charge in [-0.1, -0.05) is 61.2 Å². The normalized spacial score (nSPS) is 14.6. The Bertz CT molecular complexity index is 1220. The van der Waals surface area contributed by atoms with E-state index in [1.54, 1.807) is 22.5 Å². The molecule has 9 heteroatoms. The van der Waals surface area contributed by atoms with Crippen LogP contribution in [0.3, 0.4) is 0 Å². The predicted octanol–water partition coefficient (Wildman–Crippen LogP) is 4.68. The van der Waals surface area contributed by atoms with Crippen molar-refractivity contribution in [2.45, 2.75) is 46.7 Å². The largest absolute Gasteiger partial charge is 0.382 e. The number of pyridine rings is 1. The molecule has 0 aliphatic carbocycles. The third-order valence-electron chi connectivity index (χ3n) is 5.65. The fourth-order valence-electron chi connectivity index (χ4n) is 3.87. The van der Waals surface area contributed by atoms with Crippen molar-refractivity contribution in [3.8, 4) is 6.07 Å². The molecular formula is C26H30N4O3S2. The van der Waals surface area contributed by atoms with Gasteiger partial charge in [0, 0.05) is 38.4 Å². The molecular weight excluding hydrogens is 480 g/mol. The van der Waals surface area contributed by atoms with Crippen LogP contribution < -0.4 is 10.9 Å². The number of thiocarbonyl (C=S) groups is 1. The van der Waals surface area contributed by atoms with E-state index in [2.05, 4.69) is 11.4 Å². The summed E-state index contributed by atoms with van der Waals surface area (Å²) < 4.78 is 7.48. The molecule has 0 saturated carbocycles. The number of hydrogen-bond donors (Lipinski definition) is 1. The standard InChI is InChI=1S/C26H30N4O3S2/c1-4-12-29-23(28-17-19-10-7-6-8-11-19)20(18(3)21(16-27)24(29)31)15-22-25(32)30(26(34)35-22)13-9-14-33-5-2/h6-8,10-11,15,28H,4-5,9,12-14,17H2,1-3H3/b22-15+. The lowest BCUT2D eigenvalue weighted by atomic mass is 10.0. The molecule has 0 unspecified atom stereocenters. The summed E-state index contributed by atoms with van der Waals surface area (Å²) in [5, 5.41) is 13.1. The Morgan fingerprint density at radius 1 is 1.20 bits per heavy atom. The molecule has 7 nitrogen and oxygen atoms in total. The number of ether oxygens (including phenoxy) is 1. The SMILES string of the molecule is CCCn1c(NCc2ccccc2)c(/C=C2/SC(=S)N(CCCOCC)C2=O)c(C)c(C#N)c1=O. The van der Waals surface area contributed by atoms with Crippen LogP contribution in [0.2, 0.25) is 0 Å². The first-order valence-corrected chi connectivity index (χ1v) is 12.9. The zero-order valence-electron chi connectivity index (χ0n) is 20.3. The lowest BCUT2D eigenvalue weighted by Crippen LogP contribution is -2.30. The van der Waals surface area contributed by atoms with Gasteiger partial charge in [0.25, 0.3) is 11.5 Å². The minimum atomic E-state index is -0.331. The molecule has 0 bridgehead atoms. The first-order chi connectivity index (χ1) is 16.9. The first kappa shape index (κ1) is 26.7. The van der Waals surface area contributed by atoms with E-state index in [1.807, 2.05) is 44.2 Å². The number of anilines is 1. The molecule has 0 radical (unpaired) electrons. The molecule has 184 valence electrons. The summed E-state index contributed by atoms with van der Waals surface area (Å²) in [5.74, 6) is 0.426. The second-order valence-electron chi connectivity index (χ2n) is 8.05. The van der Waals surface area contributed by atoms with Crippen LogP contribution in [0.5, 0.6) is 0 Å². The average Bonchev–Trinajstić information content (AvgIpc) is 3.12. The van der Waals surface area contributed by atoms with Crippen LogP contribution >= 0.6 is 24.0 Å². The quantitative estimate of drug-likeness (QED) is 0.267. The van der Waals surface area contributed by atoms with Gasteiger partial charge in [0.2, 0.25) is 0 Å². The Morgan fingerprint density at radius 2 is 1.94 bits per heavy atom. The number of carbonyl (C=O) groups is 1. The summed E-state index contributed by atoms with van der Waals surface area (Å²) in [5.41, 5.74) is 2.00. The molecule has 1 aromatic carbocycles. The Morgan fingerprint density at radius 3 is 2.60 bits per heavy atom. The molecule has 1 saturated heterocycles. The van der Waals surface area contributed by atoms with Gasteiger partial charge >= 0.3 is 0 Å². The summed E-state index contributed by atoms with van der Waals surface area (Å²) >= 11 is 6.71. The summed E-state index contributed by atoms with van der Waals surface area (Å²) in [6, 6.07) is 11.9. The number of amides is 1. The number of nitrogens with zero attached hydrogens (tertiary/aromatic N) is 3. The zero-order valence-corrected chi connectivity index (χ0v) is 21.9. The summed E-state index contributed by atoms with van der Waals surface area (Å²) in [6.45, 7) is 8.28. The average molecular weight is 511 g/mol. The molecule has 1 amide bonds. The highest BCUT2D eigenvalue weighted by atomic mass is 32.2. The van der Waals surface area contributed by atoms with E-state index in [-0.39, 0.29) is 17.0 Å². The lowest BCUT2D eigenvalue weighted by molar-refractivity contribution is -0.122. The van der Waals surface area contributed by atoms with Crippen LogP contribution in [0.15, 0.2) is 40.0 Å². The number of thioether (sulfide) groups is 1. The van der Waals surface area contributed by atoms with E-state index >= 15 is 0 Å². The highest BCUT2D eigenvalue weighted by Gasteiger charge is 2.32. The molecule has 0 spiro atoms. The Labute approximate surface area is 215 Å². The van der Waals surface area contributed by atoms with E-state index in [0.29, 0.717) is 65.4 Å². The van der Waals surface area contributed by atoms with E-state index in [9.17, 15) is 14.9 Å². The van der Waals surface area contributed by atoms with Gasteiger partial charge < -0.3 is 10.1 Å². The third-order valence-corrected chi connectivity index (χ3v) is 7.03. The highest BCUT2D eigenvalue weighted by Crippen LogP contribution is 2.35. The number of benzene rings is 1. The van der Waals surface area contributed by atoms with Gasteiger partial charge in [0.05, 0.1) is 4.91 Å². The number of nitriles is 1. The number of nitrogens with one attached hydrogen (secondary N) is 1. The monoisotopic (exact) mass is 510 g/mol. The molecule has 2 heterocycles. The molecule has 1 N–H and O–H groups in total. The minimum Gasteiger partial charge on any atom is -0.382 e. The Kier molecular flexibility index (Phi) is 9.66. The van der Waals surface area contributed by atoms with Gasteiger partial charge in [-0.25, -0.2) is 0 Å². The van der Waals surface area contributed by atoms with Crippen molar-refractivity contribution in [3.05, 3.63) is 67.8 Å². The maximum absolute atomic E-state index is 13.2. The predicted molar refractivity (Wildman–Crippen MR) is 145 cm³/mol. The Balaban J connectivity index is 2.04. The fraction of sp³-hybridized carbons (Fsp3) is 0.385. The molecule has 35 heavy (non-hydrogen) atoms. The number of hydrogen-bond acceptors (Lipinski definition) is 7. The first-order valence-electron chi connectivity index (χ1n) is 11.7. The van der Waals surface area contributed by atoms with Crippen molar-refractivity contribution in [1.29, 1.82) is 5.26 Å². The maximum atomic E-state index is 13.2. The zero-order chi connectivity index (χ0) is 25.4. The topological polar surface area (TPSA) is 87.4 Å². The van der Waals surface area contributed by atoms with Crippen molar-refractivity contribution in [3.63, 3.8) is 0 Å². The highest BCUT2D eigenvalue weighted by molar-refractivity contribution is 8.26. The molecule has 0 atom stereocenters. The second-order valence-corrected chi connectivity index (χ2v) is 9.73. The van der Waals surface area contributed by atoms with Gasteiger partial charge in [-0.15, -0.1) is 0 Å². The van der Waals surface area contributed by atoms with E-state index in [4.69, 9.17) is 17.0 Å². The number of carbonyl (C=O) groups excluding carboxylic acids is 1. The Hall–Kier alpha value is -2.93. The summed E-state index contributed by atoms with van der Waals surface area (Å²) in [4.78, 5) is 28.4. The number of aromatic nitrogens is 1. The van der Waals surface area contributed by atoms with Crippen molar-refractivity contribution < 1.29 is 9.53 Å². The maximum Gasteiger partial charge on any atom is 0.270 e. The molecule has 1 aliphatic rings. The molecule has 1 aromatic heterocycles. The molecule has 2 aromatic rings. The van der Waals surface area contributed by atoms with Gasteiger partial charge in [-0.05, 0) is 43.9 Å². The summed E-state index contributed by atoms with van der Waals surface area (Å²) in [6.07, 6.45) is 3.17. The van der Waals surface area contributed by atoms with Crippen LogP contribution in [0.25, 0.3) is 6.08 Å². The summed E-state index contributed by atoms with van der Waals surface area (Å²) in [7, 11) is 0. The van der Waals surface area contributed by atoms with Crippen molar-refractivity contribution >= 4 is 46.1 Å². The van der Waals surface area contributed by atoms with E-state index in [0.717, 1.165) is 12.0 Å². The molecule has 1 fully saturated rings. The van der Waals surface area contributed by atoms with Crippen LogP contribution in [0, 0.1) is 18.3 Å². The second kappa shape index (κ2) is 12.7. The lowest BCUT2D eigenvalue weighted by Gasteiger charge is -2.20. The van der Waals surface area contributed by atoms with Gasteiger partial charge in [-0.2, -0.15) is 5.26 Å². The van der Waals surface area contributed by atoms with Crippen molar-refractivity contribution in [2.24, 2.45) is 0 Å². The van der Waals surface area contributed by atoms with Crippen LogP contribution in [-0.4, -0.2) is 39.5 Å². The van der Waals surface area contributed by atoms with Gasteiger partial charge in [0.15, 0.2) is 0 Å². The smallest absolute Gasteiger partial charge is 0.270 e. The van der Waals surface area contributed by atoms with Crippen molar-refractivity contribution in [1.82, 2.24) is 9.47 Å². The van der Waals surface area contributed by atoms with Crippen LogP contribution in [-0.2, 0) is 22.6 Å². The molecule has 3 rings (SSSR count). The van der Waals surface area contributed by atoms with Crippen LogP contribution in [0.4, 0.5) is 5.82 Å². The molecule has 1 aliphatic heterocycles. The minimum absolute atomic E-state index is 0.0853. The van der Waals surface area contributed by atoms with Gasteiger partial charge in [-0.3, -0.25) is 19.1 Å². The fourth-order valence-corrected chi connectivity index (χ4v) is 5.16. The number of rotatable bonds is 11. The van der Waals surface area contributed by atoms with Gasteiger partial charge in [0.1, 0.15) is 21.8 Å². The third kappa shape index (κ3) is 6.20. The van der Waals surface area contributed by atoms with Crippen molar-refractivity contribution in [2.75, 3.05) is 25.1 Å². The van der Waals surface area contributed by atoms with E-state index < -0.39 is 0 Å². The van der Waals surface area contributed by atoms with Crippen LogP contribution in [0.1, 0.15) is 48.9 Å².